The first-order valence-corrected chi connectivity index (χ1v) is 12.8. The van der Waals surface area contributed by atoms with Crippen molar-refractivity contribution in [3.63, 3.8) is 0 Å². The second-order valence-electron chi connectivity index (χ2n) is 10.5. The number of nitrogens with zero attached hydrogens (tertiary/aromatic N) is 2. The minimum atomic E-state index is -0.870. The van der Waals surface area contributed by atoms with Crippen molar-refractivity contribution in [1.29, 1.82) is 0 Å². The molecule has 4 rings (SSSR count). The first-order valence-electron chi connectivity index (χ1n) is 12.8. The maximum Gasteiger partial charge on any atom is 0.307 e. The zero-order valence-corrected chi connectivity index (χ0v) is 21.9. The minimum Gasteiger partial charge on any atom is -0.493 e. The molecular weight excluding hydrogens is 467 g/mol. The van der Waals surface area contributed by atoms with E-state index in [-0.39, 0.29) is 17.7 Å². The number of aliphatic carboxylic acids is 1. The Morgan fingerprint density at radius 1 is 1.14 bits per heavy atom. The Morgan fingerprint density at radius 3 is 2.38 bits per heavy atom. The van der Waals surface area contributed by atoms with Gasteiger partial charge in [-0.2, -0.15) is 0 Å². The van der Waals surface area contributed by atoms with Crippen molar-refractivity contribution < 1.29 is 19.0 Å². The molecule has 2 heterocycles. The Labute approximate surface area is 218 Å². The predicted octanol–water partition coefficient (Wildman–Crippen LogP) is 6.71. The van der Waals surface area contributed by atoms with E-state index in [1.807, 2.05) is 31.2 Å². The van der Waals surface area contributed by atoms with Gasteiger partial charge >= 0.3 is 5.97 Å². The number of halogens is 1. The predicted molar refractivity (Wildman–Crippen MR) is 147 cm³/mol. The first kappa shape index (κ1) is 26.4. The maximum atomic E-state index is 13.1. The number of pyridine rings is 1. The Kier molecular flexibility index (Phi) is 7.96. The minimum absolute atomic E-state index is 0.0803. The SMILES string of the molecule is C=Cc1nc(C)c(CC(=O)O)c(N2CCC(C)(C)CC2)c1-c1ccc(OCCc2ccc(F)cc2)cc1. The molecule has 0 amide bonds. The number of aryl methyl sites for hydroxylation is 1. The van der Waals surface area contributed by atoms with Crippen molar-refractivity contribution in [1.82, 2.24) is 4.98 Å². The van der Waals surface area contributed by atoms with Crippen LogP contribution in [0.25, 0.3) is 17.2 Å². The van der Waals surface area contributed by atoms with Gasteiger partial charge in [-0.1, -0.05) is 44.7 Å². The van der Waals surface area contributed by atoms with E-state index >= 15 is 0 Å². The van der Waals surface area contributed by atoms with E-state index in [9.17, 15) is 14.3 Å². The van der Waals surface area contributed by atoms with Crippen LogP contribution in [0.2, 0.25) is 0 Å². The summed E-state index contributed by atoms with van der Waals surface area (Å²) in [6.07, 6.45) is 4.41. The number of piperidine rings is 1. The molecule has 2 aromatic carbocycles. The molecule has 0 unspecified atom stereocenters. The lowest BCUT2D eigenvalue weighted by Crippen LogP contribution is -2.38. The van der Waals surface area contributed by atoms with Crippen molar-refractivity contribution in [3.05, 3.63) is 83.4 Å². The van der Waals surface area contributed by atoms with Crippen molar-refractivity contribution in [2.45, 2.75) is 46.5 Å². The summed E-state index contributed by atoms with van der Waals surface area (Å²) in [7, 11) is 0. The molecule has 0 saturated carbocycles. The summed E-state index contributed by atoms with van der Waals surface area (Å²) < 4.78 is 19.1. The summed E-state index contributed by atoms with van der Waals surface area (Å²) in [6.45, 7) is 12.6. The van der Waals surface area contributed by atoms with Crippen LogP contribution in [0.3, 0.4) is 0 Å². The smallest absolute Gasteiger partial charge is 0.307 e. The van der Waals surface area contributed by atoms with E-state index in [2.05, 4.69) is 25.3 Å². The van der Waals surface area contributed by atoms with Crippen LogP contribution in [0, 0.1) is 18.2 Å². The number of aromatic nitrogens is 1. The third-order valence-corrected chi connectivity index (χ3v) is 7.17. The van der Waals surface area contributed by atoms with E-state index < -0.39 is 5.97 Å². The lowest BCUT2D eigenvalue weighted by Gasteiger charge is -2.40. The Hall–Kier alpha value is -3.67. The number of anilines is 1. The van der Waals surface area contributed by atoms with Crippen LogP contribution >= 0.6 is 0 Å². The summed E-state index contributed by atoms with van der Waals surface area (Å²) in [5.74, 6) is -0.382. The molecule has 0 bridgehead atoms. The van der Waals surface area contributed by atoms with Crippen molar-refractivity contribution in [2.75, 3.05) is 24.6 Å². The number of hydrogen-bond donors (Lipinski definition) is 1. The van der Waals surface area contributed by atoms with Crippen LogP contribution in [0.5, 0.6) is 5.75 Å². The average molecular weight is 503 g/mol. The molecule has 0 radical (unpaired) electrons. The number of hydrogen-bond acceptors (Lipinski definition) is 4. The number of ether oxygens (including phenoxy) is 1. The zero-order valence-electron chi connectivity index (χ0n) is 21.9. The Bertz CT molecular complexity index is 1260. The van der Waals surface area contributed by atoms with Gasteiger partial charge < -0.3 is 14.7 Å². The van der Waals surface area contributed by atoms with Crippen molar-refractivity contribution in [3.8, 4) is 16.9 Å². The number of carbonyl (C=O) groups is 1. The van der Waals surface area contributed by atoms with Crippen LogP contribution in [-0.2, 0) is 17.6 Å². The van der Waals surface area contributed by atoms with E-state index in [0.29, 0.717) is 13.0 Å². The van der Waals surface area contributed by atoms with Crippen LogP contribution < -0.4 is 9.64 Å². The Morgan fingerprint density at radius 2 is 1.78 bits per heavy atom. The van der Waals surface area contributed by atoms with Crippen LogP contribution in [-0.4, -0.2) is 35.8 Å². The van der Waals surface area contributed by atoms with Crippen molar-refractivity contribution >= 4 is 17.7 Å². The van der Waals surface area contributed by atoms with Gasteiger partial charge in [-0.25, -0.2) is 4.39 Å². The van der Waals surface area contributed by atoms with E-state index in [1.165, 1.54) is 12.1 Å². The standard InChI is InChI=1S/C31H35FN2O3/c1-5-27-29(23-8-12-25(13-9-23)37-19-14-22-6-10-24(32)11-7-22)30(26(20-28(35)36)21(2)33-27)34-17-15-31(3,4)16-18-34/h5-13H,1,14-20H2,2-4H3,(H,35,36). The molecule has 37 heavy (non-hydrogen) atoms. The van der Waals surface area contributed by atoms with Gasteiger partial charge in [0.05, 0.1) is 24.4 Å². The molecular formula is C31H35FN2O3. The highest BCUT2D eigenvalue weighted by Gasteiger charge is 2.30. The summed E-state index contributed by atoms with van der Waals surface area (Å²) in [4.78, 5) is 18.9. The van der Waals surface area contributed by atoms with Crippen LogP contribution in [0.1, 0.15) is 49.2 Å². The molecule has 1 saturated heterocycles. The van der Waals surface area contributed by atoms with Gasteiger partial charge in [0, 0.05) is 36.3 Å². The highest BCUT2D eigenvalue weighted by atomic mass is 19.1. The second kappa shape index (κ2) is 11.2. The number of carboxylic acid groups (broad SMARTS) is 1. The molecule has 1 aliphatic heterocycles. The lowest BCUT2D eigenvalue weighted by molar-refractivity contribution is -0.136. The third kappa shape index (κ3) is 6.37. The second-order valence-corrected chi connectivity index (χ2v) is 10.5. The number of carboxylic acids is 1. The van der Waals surface area contributed by atoms with Gasteiger partial charge in [-0.3, -0.25) is 9.78 Å². The topological polar surface area (TPSA) is 62.7 Å². The molecule has 6 heteroatoms. The number of rotatable bonds is 9. The fourth-order valence-electron chi connectivity index (χ4n) is 4.88. The summed E-state index contributed by atoms with van der Waals surface area (Å²) in [5.41, 5.74) is 6.31. The fraction of sp³-hybridized carbons (Fsp3) is 0.355. The van der Waals surface area contributed by atoms with Gasteiger partial charge in [0.2, 0.25) is 0 Å². The number of benzene rings is 2. The normalized spacial score (nSPS) is 14.9. The molecule has 194 valence electrons. The molecule has 1 fully saturated rings. The molecule has 1 N–H and O–H groups in total. The maximum absolute atomic E-state index is 13.1. The monoisotopic (exact) mass is 502 g/mol. The highest BCUT2D eigenvalue weighted by molar-refractivity contribution is 5.89. The lowest BCUT2D eigenvalue weighted by atomic mass is 9.82. The van der Waals surface area contributed by atoms with Gasteiger partial charge in [0.25, 0.3) is 0 Å². The molecule has 0 aliphatic carbocycles. The summed E-state index contributed by atoms with van der Waals surface area (Å²) in [5, 5.41) is 9.70. The molecule has 3 aromatic rings. The Balaban J connectivity index is 1.65. The van der Waals surface area contributed by atoms with E-state index in [1.54, 1.807) is 18.2 Å². The first-order chi connectivity index (χ1) is 17.7. The molecule has 0 atom stereocenters. The zero-order chi connectivity index (χ0) is 26.6. The molecule has 1 aliphatic rings. The summed E-state index contributed by atoms with van der Waals surface area (Å²) >= 11 is 0. The van der Waals surface area contributed by atoms with Crippen molar-refractivity contribution in [2.24, 2.45) is 5.41 Å². The fourth-order valence-corrected chi connectivity index (χ4v) is 4.88. The molecule has 1 aromatic heterocycles. The average Bonchev–Trinajstić information content (AvgIpc) is 2.86. The summed E-state index contributed by atoms with van der Waals surface area (Å²) in [6, 6.07) is 14.3. The molecule has 0 spiro atoms. The van der Waals surface area contributed by atoms with Gasteiger partial charge in [-0.05, 0) is 66.6 Å². The van der Waals surface area contributed by atoms with Gasteiger partial charge in [0.15, 0.2) is 0 Å². The van der Waals surface area contributed by atoms with Gasteiger partial charge in [0.1, 0.15) is 11.6 Å². The largest absolute Gasteiger partial charge is 0.493 e. The quantitative estimate of drug-likeness (QED) is 0.352. The highest BCUT2D eigenvalue weighted by Crippen LogP contribution is 2.42. The van der Waals surface area contributed by atoms with Gasteiger partial charge in [-0.15, -0.1) is 0 Å². The molecule has 5 nitrogen and oxygen atoms in total. The van der Waals surface area contributed by atoms with Crippen LogP contribution in [0.15, 0.2) is 55.1 Å². The van der Waals surface area contributed by atoms with Crippen LogP contribution in [0.4, 0.5) is 10.1 Å². The van der Waals surface area contributed by atoms with E-state index in [4.69, 9.17) is 9.72 Å². The third-order valence-electron chi connectivity index (χ3n) is 7.17. The van der Waals surface area contributed by atoms with E-state index in [0.717, 1.165) is 71.0 Å².